The molecule has 6 heteroatoms. The number of carbonyl (C=O) groups is 2. The van der Waals surface area contributed by atoms with Gasteiger partial charge in [-0.05, 0) is 55.9 Å². The summed E-state index contributed by atoms with van der Waals surface area (Å²) >= 11 is 0. The average molecular weight is 338 g/mol. The largest absolute Gasteiger partial charge is 0.338 e. The summed E-state index contributed by atoms with van der Waals surface area (Å²) in [5, 5.41) is 2.85. The Morgan fingerprint density at radius 1 is 1.39 bits per heavy atom. The lowest BCUT2D eigenvalue weighted by Crippen LogP contribution is -2.45. The molecule has 5 nitrogen and oxygen atoms in total. The second-order valence-electron chi connectivity index (χ2n) is 6.43. The molecule has 2 aliphatic rings. The summed E-state index contributed by atoms with van der Waals surface area (Å²) in [5.41, 5.74) is 8.58. The number of nitrogens with one attached hydrogen (secondary N) is 1. The first-order valence-electron chi connectivity index (χ1n) is 8.02. The molecule has 1 fully saturated rings. The molecule has 2 aliphatic heterocycles. The molecular formula is C17H24ClN3O2. The van der Waals surface area contributed by atoms with E-state index in [1.54, 1.807) is 0 Å². The first-order valence-corrected chi connectivity index (χ1v) is 8.02. The summed E-state index contributed by atoms with van der Waals surface area (Å²) in [6, 6.07) is 5.69. The van der Waals surface area contributed by atoms with E-state index in [0.29, 0.717) is 24.3 Å². The zero-order chi connectivity index (χ0) is 15.7. The molecule has 3 N–H and O–H groups in total. The van der Waals surface area contributed by atoms with Gasteiger partial charge in [0.1, 0.15) is 0 Å². The third kappa shape index (κ3) is 3.85. The minimum Gasteiger partial charge on any atom is -0.338 e. The van der Waals surface area contributed by atoms with Crippen LogP contribution in [0.5, 0.6) is 0 Å². The Morgan fingerprint density at radius 3 is 2.91 bits per heavy atom. The molecule has 1 aromatic rings. The smallest absolute Gasteiger partial charge is 0.253 e. The van der Waals surface area contributed by atoms with E-state index < -0.39 is 0 Å². The number of halogens is 1. The molecule has 1 saturated heterocycles. The van der Waals surface area contributed by atoms with Crippen LogP contribution < -0.4 is 11.1 Å². The van der Waals surface area contributed by atoms with Crippen molar-refractivity contribution in [2.45, 2.75) is 38.6 Å². The van der Waals surface area contributed by atoms with Gasteiger partial charge in [0.25, 0.3) is 5.91 Å². The van der Waals surface area contributed by atoms with Crippen molar-refractivity contribution in [2.24, 2.45) is 11.7 Å². The van der Waals surface area contributed by atoms with Crippen LogP contribution in [-0.4, -0.2) is 35.8 Å². The van der Waals surface area contributed by atoms with Crippen molar-refractivity contribution in [3.63, 3.8) is 0 Å². The summed E-state index contributed by atoms with van der Waals surface area (Å²) in [7, 11) is 0. The van der Waals surface area contributed by atoms with Crippen LogP contribution in [0.25, 0.3) is 0 Å². The molecule has 126 valence electrons. The Balaban J connectivity index is 0.00000192. The van der Waals surface area contributed by atoms with Gasteiger partial charge in [-0.2, -0.15) is 0 Å². The monoisotopic (exact) mass is 337 g/mol. The van der Waals surface area contributed by atoms with E-state index in [0.717, 1.165) is 37.2 Å². The van der Waals surface area contributed by atoms with Crippen molar-refractivity contribution < 1.29 is 9.59 Å². The van der Waals surface area contributed by atoms with Crippen molar-refractivity contribution in [1.82, 2.24) is 4.90 Å². The predicted molar refractivity (Wildman–Crippen MR) is 92.9 cm³/mol. The van der Waals surface area contributed by atoms with Gasteiger partial charge in [-0.1, -0.05) is 0 Å². The SMILES string of the molecule is CC(N)C1CCCN(C(=O)c2ccc3c(c2)CCC(=O)N3)C1.Cl. The number of likely N-dealkylation sites (tertiary alicyclic amines) is 1. The van der Waals surface area contributed by atoms with Crippen molar-refractivity contribution in [3.05, 3.63) is 29.3 Å². The summed E-state index contributed by atoms with van der Waals surface area (Å²) in [5.74, 6) is 0.502. The fourth-order valence-corrected chi connectivity index (χ4v) is 3.32. The molecule has 0 spiro atoms. The number of hydrogen-bond acceptors (Lipinski definition) is 3. The van der Waals surface area contributed by atoms with Crippen molar-refractivity contribution in [3.8, 4) is 0 Å². The molecule has 0 saturated carbocycles. The van der Waals surface area contributed by atoms with E-state index in [1.165, 1.54) is 0 Å². The van der Waals surface area contributed by atoms with Crippen LogP contribution in [0.15, 0.2) is 18.2 Å². The molecule has 2 atom stereocenters. The van der Waals surface area contributed by atoms with Crippen LogP contribution in [-0.2, 0) is 11.2 Å². The lowest BCUT2D eigenvalue weighted by molar-refractivity contribution is -0.116. The number of rotatable bonds is 2. The third-order valence-corrected chi connectivity index (χ3v) is 4.74. The number of anilines is 1. The molecule has 2 unspecified atom stereocenters. The number of fused-ring (bicyclic) bond motifs is 1. The van der Waals surface area contributed by atoms with Crippen LogP contribution in [0.2, 0.25) is 0 Å². The second kappa shape index (κ2) is 7.32. The predicted octanol–water partition coefficient (Wildman–Crippen LogP) is 2.19. The lowest BCUT2D eigenvalue weighted by atomic mass is 9.91. The summed E-state index contributed by atoms with van der Waals surface area (Å²) < 4.78 is 0. The molecule has 0 bridgehead atoms. The maximum atomic E-state index is 12.7. The molecule has 0 aliphatic carbocycles. The van der Waals surface area contributed by atoms with Crippen LogP contribution in [0, 0.1) is 5.92 Å². The topological polar surface area (TPSA) is 75.4 Å². The number of benzene rings is 1. The Morgan fingerprint density at radius 2 is 2.17 bits per heavy atom. The molecule has 3 rings (SSSR count). The normalized spacial score (nSPS) is 21.7. The van der Waals surface area contributed by atoms with E-state index in [1.807, 2.05) is 30.0 Å². The maximum Gasteiger partial charge on any atom is 0.253 e. The minimum atomic E-state index is 0. The minimum absolute atomic E-state index is 0. The zero-order valence-electron chi connectivity index (χ0n) is 13.4. The molecular weight excluding hydrogens is 314 g/mol. The van der Waals surface area contributed by atoms with Crippen LogP contribution in [0.3, 0.4) is 0 Å². The van der Waals surface area contributed by atoms with Gasteiger partial charge in [0.05, 0.1) is 0 Å². The standard InChI is InChI=1S/C17H23N3O2.ClH/c1-11(18)14-3-2-8-20(10-14)17(22)13-4-6-15-12(9-13)5-7-16(21)19-15;/h4,6,9,11,14H,2-3,5,7-8,10,18H2,1H3,(H,19,21);1H. The van der Waals surface area contributed by atoms with E-state index in [9.17, 15) is 9.59 Å². The quantitative estimate of drug-likeness (QED) is 0.868. The molecule has 2 heterocycles. The van der Waals surface area contributed by atoms with Gasteiger partial charge in [0.2, 0.25) is 5.91 Å². The summed E-state index contributed by atoms with van der Waals surface area (Å²) in [4.78, 5) is 26.0. The van der Waals surface area contributed by atoms with E-state index in [-0.39, 0.29) is 30.3 Å². The highest BCUT2D eigenvalue weighted by Gasteiger charge is 2.27. The number of nitrogens with two attached hydrogens (primary N) is 1. The lowest BCUT2D eigenvalue weighted by Gasteiger charge is -2.34. The fraction of sp³-hybridized carbons (Fsp3) is 0.529. The van der Waals surface area contributed by atoms with Gasteiger partial charge < -0.3 is 16.0 Å². The average Bonchev–Trinajstić information content (AvgIpc) is 2.53. The Bertz CT molecular complexity index is 604. The van der Waals surface area contributed by atoms with Crippen molar-refractivity contribution in [1.29, 1.82) is 0 Å². The Kier molecular flexibility index (Phi) is 5.65. The zero-order valence-corrected chi connectivity index (χ0v) is 14.2. The molecule has 1 aromatic carbocycles. The van der Waals surface area contributed by atoms with Crippen LogP contribution in [0.1, 0.15) is 42.1 Å². The second-order valence-corrected chi connectivity index (χ2v) is 6.43. The molecule has 23 heavy (non-hydrogen) atoms. The number of piperidine rings is 1. The third-order valence-electron chi connectivity index (χ3n) is 4.74. The number of nitrogens with zero attached hydrogens (tertiary/aromatic N) is 1. The summed E-state index contributed by atoms with van der Waals surface area (Å²) in [6.45, 7) is 3.56. The first kappa shape index (κ1) is 17.8. The highest BCUT2D eigenvalue weighted by atomic mass is 35.5. The van der Waals surface area contributed by atoms with Gasteiger partial charge in [0, 0.05) is 36.8 Å². The van der Waals surface area contributed by atoms with Crippen molar-refractivity contribution in [2.75, 3.05) is 18.4 Å². The van der Waals surface area contributed by atoms with E-state index in [4.69, 9.17) is 5.73 Å². The van der Waals surface area contributed by atoms with Gasteiger partial charge >= 0.3 is 0 Å². The van der Waals surface area contributed by atoms with Gasteiger partial charge in [-0.3, -0.25) is 9.59 Å². The van der Waals surface area contributed by atoms with Crippen LogP contribution >= 0.6 is 12.4 Å². The number of amides is 2. The van der Waals surface area contributed by atoms with Crippen LogP contribution in [0.4, 0.5) is 5.69 Å². The Hall–Kier alpha value is -1.59. The number of carbonyl (C=O) groups excluding carboxylic acids is 2. The van der Waals surface area contributed by atoms with E-state index in [2.05, 4.69) is 5.32 Å². The van der Waals surface area contributed by atoms with E-state index >= 15 is 0 Å². The fourth-order valence-electron chi connectivity index (χ4n) is 3.32. The summed E-state index contributed by atoms with van der Waals surface area (Å²) in [6.07, 6.45) is 3.29. The molecule has 0 radical (unpaired) electrons. The number of hydrogen-bond donors (Lipinski definition) is 2. The molecule has 2 amide bonds. The number of aryl methyl sites for hydroxylation is 1. The van der Waals surface area contributed by atoms with Gasteiger partial charge in [-0.25, -0.2) is 0 Å². The molecule has 0 aromatic heterocycles. The maximum absolute atomic E-state index is 12.7. The van der Waals surface area contributed by atoms with Gasteiger partial charge in [0.15, 0.2) is 0 Å². The first-order chi connectivity index (χ1) is 10.5. The highest BCUT2D eigenvalue weighted by molar-refractivity contribution is 5.98. The Labute approximate surface area is 143 Å². The highest BCUT2D eigenvalue weighted by Crippen LogP contribution is 2.26. The van der Waals surface area contributed by atoms with Gasteiger partial charge in [-0.15, -0.1) is 12.4 Å². The van der Waals surface area contributed by atoms with Crippen molar-refractivity contribution >= 4 is 29.9 Å².